The van der Waals surface area contributed by atoms with Gasteiger partial charge in [-0.05, 0) is 38.0 Å². The second-order valence-electron chi connectivity index (χ2n) is 6.59. The molecule has 0 aliphatic heterocycles. The number of amides is 1. The standard InChI is InChI=1S/C22H26ClNO5/c1-5-10-28-20-18(23)11-17(12-19(20)27-4)22(26)29-15(3)21(25)24-13-16-8-6-14(2)7-9-16/h6-9,11-12,15H,5,10,13H2,1-4H3,(H,24,25)/t15-/m0/s1. The minimum absolute atomic E-state index is 0.175. The van der Waals surface area contributed by atoms with Gasteiger partial charge in [0.25, 0.3) is 5.91 Å². The third-order valence-corrected chi connectivity index (χ3v) is 4.44. The van der Waals surface area contributed by atoms with Crippen molar-refractivity contribution in [2.45, 2.75) is 39.8 Å². The number of nitrogens with one attached hydrogen (secondary N) is 1. The summed E-state index contributed by atoms with van der Waals surface area (Å²) in [5, 5.41) is 2.99. The van der Waals surface area contributed by atoms with E-state index in [2.05, 4.69) is 5.32 Å². The Kier molecular flexibility index (Phi) is 8.34. The van der Waals surface area contributed by atoms with Crippen molar-refractivity contribution in [2.24, 2.45) is 0 Å². The van der Waals surface area contributed by atoms with Crippen LogP contribution >= 0.6 is 11.6 Å². The van der Waals surface area contributed by atoms with Crippen molar-refractivity contribution < 1.29 is 23.8 Å². The number of halogens is 1. The first kappa shape index (κ1) is 22.6. The van der Waals surface area contributed by atoms with Crippen LogP contribution < -0.4 is 14.8 Å². The van der Waals surface area contributed by atoms with E-state index in [1.807, 2.05) is 38.1 Å². The summed E-state index contributed by atoms with van der Waals surface area (Å²) in [5.41, 5.74) is 2.28. The van der Waals surface area contributed by atoms with Gasteiger partial charge in [-0.15, -0.1) is 0 Å². The lowest BCUT2D eigenvalue weighted by atomic mass is 10.1. The van der Waals surface area contributed by atoms with E-state index in [1.54, 1.807) is 0 Å². The Hall–Kier alpha value is -2.73. The highest BCUT2D eigenvalue weighted by Gasteiger charge is 2.21. The number of hydrogen-bond acceptors (Lipinski definition) is 5. The van der Waals surface area contributed by atoms with Crippen LogP contribution in [0.1, 0.15) is 41.8 Å². The summed E-state index contributed by atoms with van der Waals surface area (Å²) < 4.78 is 16.1. The van der Waals surface area contributed by atoms with Gasteiger partial charge in [0.05, 0.1) is 24.3 Å². The summed E-state index contributed by atoms with van der Waals surface area (Å²) in [6, 6.07) is 10.7. The van der Waals surface area contributed by atoms with Crippen LogP contribution in [0.4, 0.5) is 0 Å². The Morgan fingerprint density at radius 3 is 2.48 bits per heavy atom. The maximum atomic E-state index is 12.5. The average Bonchev–Trinajstić information content (AvgIpc) is 2.71. The van der Waals surface area contributed by atoms with Crippen LogP contribution in [0.5, 0.6) is 11.5 Å². The lowest BCUT2D eigenvalue weighted by Gasteiger charge is -2.16. The van der Waals surface area contributed by atoms with Gasteiger partial charge in [0, 0.05) is 6.54 Å². The fraction of sp³-hybridized carbons (Fsp3) is 0.364. The van der Waals surface area contributed by atoms with Gasteiger partial charge in [0.1, 0.15) is 0 Å². The quantitative estimate of drug-likeness (QED) is 0.613. The monoisotopic (exact) mass is 419 g/mol. The van der Waals surface area contributed by atoms with Gasteiger partial charge in [-0.25, -0.2) is 4.79 Å². The van der Waals surface area contributed by atoms with Crippen molar-refractivity contribution in [3.63, 3.8) is 0 Å². The summed E-state index contributed by atoms with van der Waals surface area (Å²) >= 11 is 6.23. The van der Waals surface area contributed by atoms with Gasteiger partial charge < -0.3 is 19.5 Å². The lowest BCUT2D eigenvalue weighted by molar-refractivity contribution is -0.129. The first-order chi connectivity index (χ1) is 13.8. The fourth-order valence-electron chi connectivity index (χ4n) is 2.50. The maximum absolute atomic E-state index is 12.5. The van der Waals surface area contributed by atoms with Crippen molar-refractivity contribution in [1.82, 2.24) is 5.32 Å². The van der Waals surface area contributed by atoms with E-state index in [9.17, 15) is 9.59 Å². The number of rotatable bonds is 9. The van der Waals surface area contributed by atoms with E-state index in [-0.39, 0.29) is 16.5 Å². The summed E-state index contributed by atoms with van der Waals surface area (Å²) in [6.07, 6.45) is -0.160. The van der Waals surface area contributed by atoms with Gasteiger partial charge in [-0.3, -0.25) is 4.79 Å². The Morgan fingerprint density at radius 2 is 1.86 bits per heavy atom. The van der Waals surface area contributed by atoms with Crippen molar-refractivity contribution in [3.05, 3.63) is 58.1 Å². The minimum Gasteiger partial charge on any atom is -0.493 e. The van der Waals surface area contributed by atoms with Crippen molar-refractivity contribution in [2.75, 3.05) is 13.7 Å². The largest absolute Gasteiger partial charge is 0.493 e. The molecule has 0 fully saturated rings. The third kappa shape index (κ3) is 6.39. The minimum atomic E-state index is -0.964. The molecule has 6 nitrogen and oxygen atoms in total. The number of carbonyl (C=O) groups is 2. The lowest BCUT2D eigenvalue weighted by Crippen LogP contribution is -2.35. The van der Waals surface area contributed by atoms with E-state index in [4.69, 9.17) is 25.8 Å². The molecule has 0 aliphatic carbocycles. The molecule has 0 unspecified atom stereocenters. The molecule has 2 aromatic rings. The van der Waals surface area contributed by atoms with E-state index in [0.717, 1.165) is 17.5 Å². The highest BCUT2D eigenvalue weighted by Crippen LogP contribution is 2.36. The molecule has 0 heterocycles. The van der Waals surface area contributed by atoms with Crippen molar-refractivity contribution in [1.29, 1.82) is 0 Å². The Morgan fingerprint density at radius 1 is 1.17 bits per heavy atom. The van der Waals surface area contributed by atoms with Gasteiger partial charge >= 0.3 is 5.97 Å². The van der Waals surface area contributed by atoms with Gasteiger partial charge in [-0.1, -0.05) is 48.4 Å². The van der Waals surface area contributed by atoms with E-state index in [1.165, 1.54) is 26.2 Å². The maximum Gasteiger partial charge on any atom is 0.339 e. The highest BCUT2D eigenvalue weighted by molar-refractivity contribution is 6.32. The van der Waals surface area contributed by atoms with Gasteiger partial charge in [0.2, 0.25) is 0 Å². The predicted molar refractivity (Wildman–Crippen MR) is 112 cm³/mol. The fourth-order valence-corrected chi connectivity index (χ4v) is 2.77. The van der Waals surface area contributed by atoms with Crippen LogP contribution in [0.3, 0.4) is 0 Å². The molecule has 29 heavy (non-hydrogen) atoms. The normalized spacial score (nSPS) is 11.5. The molecule has 0 spiro atoms. The number of methoxy groups -OCH3 is 1. The van der Waals surface area contributed by atoms with E-state index >= 15 is 0 Å². The molecule has 0 aliphatic rings. The molecule has 7 heteroatoms. The number of carbonyl (C=O) groups excluding carboxylic acids is 2. The van der Waals surface area contributed by atoms with Crippen molar-refractivity contribution >= 4 is 23.5 Å². The SMILES string of the molecule is CCCOc1c(Cl)cc(C(=O)O[C@@H](C)C(=O)NCc2ccc(C)cc2)cc1OC. The molecule has 2 rings (SSSR count). The van der Waals surface area contributed by atoms with Crippen molar-refractivity contribution in [3.8, 4) is 11.5 Å². The molecule has 0 aromatic heterocycles. The number of hydrogen-bond donors (Lipinski definition) is 1. The Bertz CT molecular complexity index is 851. The molecule has 2 aromatic carbocycles. The Balaban J connectivity index is 1.99. The molecular weight excluding hydrogens is 394 g/mol. The van der Waals surface area contributed by atoms with Crippen LogP contribution in [-0.4, -0.2) is 31.7 Å². The molecule has 156 valence electrons. The zero-order valence-corrected chi connectivity index (χ0v) is 17.8. The second-order valence-corrected chi connectivity index (χ2v) is 7.00. The zero-order valence-electron chi connectivity index (χ0n) is 17.1. The molecule has 0 radical (unpaired) electrons. The van der Waals surface area contributed by atoms with Gasteiger partial charge in [-0.2, -0.15) is 0 Å². The molecule has 0 saturated carbocycles. The first-order valence-corrected chi connectivity index (χ1v) is 9.78. The predicted octanol–water partition coefficient (Wildman–Crippen LogP) is 4.31. The van der Waals surface area contributed by atoms with Crippen LogP contribution in [0.25, 0.3) is 0 Å². The Labute approximate surface area is 176 Å². The van der Waals surface area contributed by atoms with Crippen LogP contribution in [0.2, 0.25) is 5.02 Å². The van der Waals surface area contributed by atoms with Crippen LogP contribution in [0.15, 0.2) is 36.4 Å². The van der Waals surface area contributed by atoms with E-state index in [0.29, 0.717) is 24.7 Å². The molecule has 1 N–H and O–H groups in total. The summed E-state index contributed by atoms with van der Waals surface area (Å²) in [4.78, 5) is 24.7. The van der Waals surface area contributed by atoms with Gasteiger partial charge in [0.15, 0.2) is 17.6 Å². The number of esters is 1. The molecule has 1 amide bonds. The smallest absolute Gasteiger partial charge is 0.339 e. The summed E-state index contributed by atoms with van der Waals surface area (Å²) in [7, 11) is 1.46. The average molecular weight is 420 g/mol. The van der Waals surface area contributed by atoms with Crippen LogP contribution in [-0.2, 0) is 16.1 Å². The molecule has 0 saturated heterocycles. The number of ether oxygens (including phenoxy) is 3. The first-order valence-electron chi connectivity index (χ1n) is 9.40. The summed E-state index contributed by atoms with van der Waals surface area (Å²) in [5.74, 6) is -0.365. The second kappa shape index (κ2) is 10.7. The number of aryl methyl sites for hydroxylation is 1. The molecule has 0 bridgehead atoms. The third-order valence-electron chi connectivity index (χ3n) is 4.16. The molecular formula is C22H26ClNO5. The van der Waals surface area contributed by atoms with E-state index < -0.39 is 12.1 Å². The highest BCUT2D eigenvalue weighted by atomic mass is 35.5. The zero-order chi connectivity index (χ0) is 21.4. The topological polar surface area (TPSA) is 73.9 Å². The molecule has 1 atom stereocenters. The number of benzene rings is 2. The summed E-state index contributed by atoms with van der Waals surface area (Å²) in [6.45, 7) is 6.30. The van der Waals surface area contributed by atoms with Crippen LogP contribution in [0, 0.1) is 6.92 Å².